The number of nitrogens with one attached hydrogen (secondary N) is 1. The van der Waals surface area contributed by atoms with Crippen LogP contribution in [0.1, 0.15) is 40.1 Å². The van der Waals surface area contributed by atoms with Crippen molar-refractivity contribution in [3.05, 3.63) is 52.8 Å². The quantitative estimate of drug-likeness (QED) is 0.877. The van der Waals surface area contributed by atoms with Crippen LogP contribution in [0.3, 0.4) is 0 Å². The highest BCUT2D eigenvalue weighted by atomic mass is 16.4. The number of benzene rings is 1. The van der Waals surface area contributed by atoms with Crippen LogP contribution in [0.15, 0.2) is 30.5 Å². The van der Waals surface area contributed by atoms with E-state index in [0.29, 0.717) is 12.2 Å². The molecule has 0 bridgehead atoms. The second-order valence-corrected chi connectivity index (χ2v) is 4.95. The number of aromatic carboxylic acids is 1. The Morgan fingerprint density at radius 3 is 2.65 bits per heavy atom. The second-order valence-electron chi connectivity index (χ2n) is 4.95. The van der Waals surface area contributed by atoms with Crippen molar-refractivity contribution < 1.29 is 9.90 Å². The molecule has 0 aliphatic rings. The Morgan fingerprint density at radius 2 is 2.05 bits per heavy atom. The lowest BCUT2D eigenvalue weighted by Crippen LogP contribution is -2.21. The topological polar surface area (TPSA) is 67.2 Å². The largest absolute Gasteiger partial charge is 0.478 e. The first-order valence-corrected chi connectivity index (χ1v) is 6.53. The lowest BCUT2D eigenvalue weighted by atomic mass is 10.1. The highest BCUT2D eigenvalue weighted by Gasteiger charge is 2.15. The Hall–Kier alpha value is -2.14. The van der Waals surface area contributed by atoms with E-state index in [0.717, 1.165) is 0 Å². The van der Waals surface area contributed by atoms with Crippen molar-refractivity contribution in [3.63, 3.8) is 0 Å². The predicted octanol–water partition coefficient (Wildman–Crippen LogP) is 2.28. The normalized spacial score (nSPS) is 12.3. The molecule has 0 amide bonds. The molecule has 5 nitrogen and oxygen atoms in total. The zero-order chi connectivity index (χ0) is 14.7. The summed E-state index contributed by atoms with van der Waals surface area (Å²) >= 11 is 0. The lowest BCUT2D eigenvalue weighted by molar-refractivity contribution is 0.0695. The third kappa shape index (κ3) is 3.05. The number of hydrogen-bond acceptors (Lipinski definition) is 3. The summed E-state index contributed by atoms with van der Waals surface area (Å²) in [6, 6.07) is 8.44. The SMILES string of the molecule is Cc1ccc([C@@H](C)NCc2c(C(=O)O)cnn2C)cc1. The summed E-state index contributed by atoms with van der Waals surface area (Å²) < 4.78 is 1.60. The van der Waals surface area contributed by atoms with E-state index in [9.17, 15) is 4.79 Å². The van der Waals surface area contributed by atoms with Gasteiger partial charge < -0.3 is 10.4 Å². The summed E-state index contributed by atoms with van der Waals surface area (Å²) in [7, 11) is 1.75. The first kappa shape index (κ1) is 14.3. The number of carbonyl (C=O) groups is 1. The monoisotopic (exact) mass is 273 g/mol. The Kier molecular flexibility index (Phi) is 4.20. The summed E-state index contributed by atoms with van der Waals surface area (Å²) in [5.74, 6) is -0.946. The first-order chi connectivity index (χ1) is 9.49. The standard InChI is InChI=1S/C15H19N3O2/c1-10-4-6-12(7-5-10)11(2)16-9-14-13(15(19)20)8-17-18(14)3/h4-8,11,16H,9H2,1-3H3,(H,19,20)/t11-/m1/s1. The number of rotatable bonds is 5. The molecule has 0 radical (unpaired) electrons. The molecule has 0 aliphatic carbocycles. The fraction of sp³-hybridized carbons (Fsp3) is 0.333. The van der Waals surface area contributed by atoms with Gasteiger partial charge in [-0.05, 0) is 19.4 Å². The van der Waals surface area contributed by atoms with Crippen molar-refractivity contribution >= 4 is 5.97 Å². The molecule has 2 rings (SSSR count). The van der Waals surface area contributed by atoms with Crippen LogP contribution in [-0.2, 0) is 13.6 Å². The number of nitrogens with zero attached hydrogens (tertiary/aromatic N) is 2. The van der Waals surface area contributed by atoms with Crippen LogP contribution in [0.5, 0.6) is 0 Å². The summed E-state index contributed by atoms with van der Waals surface area (Å²) in [5, 5.41) is 16.4. The van der Waals surface area contributed by atoms with E-state index in [1.54, 1.807) is 11.7 Å². The smallest absolute Gasteiger partial charge is 0.339 e. The summed E-state index contributed by atoms with van der Waals surface area (Å²) in [4.78, 5) is 11.1. The van der Waals surface area contributed by atoms with Crippen LogP contribution in [-0.4, -0.2) is 20.9 Å². The van der Waals surface area contributed by atoms with E-state index >= 15 is 0 Å². The maximum absolute atomic E-state index is 11.1. The van der Waals surface area contributed by atoms with Gasteiger partial charge in [-0.2, -0.15) is 5.10 Å². The van der Waals surface area contributed by atoms with E-state index in [1.165, 1.54) is 17.3 Å². The summed E-state index contributed by atoms with van der Waals surface area (Å²) in [5.41, 5.74) is 3.32. The van der Waals surface area contributed by atoms with E-state index in [4.69, 9.17) is 5.11 Å². The van der Waals surface area contributed by atoms with Gasteiger partial charge in [0.05, 0.1) is 11.9 Å². The molecular weight excluding hydrogens is 254 g/mol. The van der Waals surface area contributed by atoms with Crippen molar-refractivity contribution in [1.82, 2.24) is 15.1 Å². The van der Waals surface area contributed by atoms with Crippen molar-refractivity contribution in [2.75, 3.05) is 0 Å². The molecule has 1 aromatic heterocycles. The molecule has 2 N–H and O–H groups in total. The highest BCUT2D eigenvalue weighted by Crippen LogP contribution is 2.15. The van der Waals surface area contributed by atoms with Crippen LogP contribution in [0.2, 0.25) is 0 Å². The molecular formula is C15H19N3O2. The van der Waals surface area contributed by atoms with Crippen molar-refractivity contribution in [1.29, 1.82) is 0 Å². The van der Waals surface area contributed by atoms with Crippen molar-refractivity contribution in [3.8, 4) is 0 Å². The van der Waals surface area contributed by atoms with Gasteiger partial charge in [0.25, 0.3) is 0 Å². The van der Waals surface area contributed by atoms with Gasteiger partial charge in [-0.1, -0.05) is 29.8 Å². The molecule has 20 heavy (non-hydrogen) atoms. The van der Waals surface area contributed by atoms with Crippen LogP contribution in [0.25, 0.3) is 0 Å². The fourth-order valence-electron chi connectivity index (χ4n) is 2.07. The fourth-order valence-corrected chi connectivity index (χ4v) is 2.07. The summed E-state index contributed by atoms with van der Waals surface area (Å²) in [6.45, 7) is 4.57. The third-order valence-electron chi connectivity index (χ3n) is 3.45. The van der Waals surface area contributed by atoms with Crippen LogP contribution >= 0.6 is 0 Å². The second kappa shape index (κ2) is 5.88. The third-order valence-corrected chi connectivity index (χ3v) is 3.45. The molecule has 0 unspecified atom stereocenters. The van der Waals surface area contributed by atoms with Crippen molar-refractivity contribution in [2.24, 2.45) is 7.05 Å². The van der Waals surface area contributed by atoms with E-state index in [-0.39, 0.29) is 11.6 Å². The molecule has 0 saturated heterocycles. The van der Waals surface area contributed by atoms with Crippen LogP contribution in [0, 0.1) is 6.92 Å². The molecule has 0 saturated carbocycles. The minimum absolute atomic E-state index is 0.146. The number of carboxylic acids is 1. The molecule has 0 spiro atoms. The van der Waals surface area contributed by atoms with Gasteiger partial charge in [0.2, 0.25) is 0 Å². The van der Waals surface area contributed by atoms with Gasteiger partial charge in [-0.15, -0.1) is 0 Å². The Bertz CT molecular complexity index is 602. The van der Waals surface area contributed by atoms with Gasteiger partial charge in [-0.3, -0.25) is 4.68 Å². The number of aryl methyl sites for hydroxylation is 2. The highest BCUT2D eigenvalue weighted by molar-refractivity contribution is 5.88. The Morgan fingerprint density at radius 1 is 1.40 bits per heavy atom. The molecule has 1 heterocycles. The molecule has 5 heteroatoms. The van der Waals surface area contributed by atoms with E-state index in [1.807, 2.05) is 0 Å². The van der Waals surface area contributed by atoms with Crippen LogP contribution in [0.4, 0.5) is 0 Å². The molecule has 0 fully saturated rings. The number of aromatic nitrogens is 2. The molecule has 0 aliphatic heterocycles. The Labute approximate surface area is 118 Å². The van der Waals surface area contributed by atoms with E-state index in [2.05, 4.69) is 48.5 Å². The van der Waals surface area contributed by atoms with Gasteiger partial charge in [0.1, 0.15) is 5.56 Å². The minimum atomic E-state index is -0.946. The van der Waals surface area contributed by atoms with Gasteiger partial charge >= 0.3 is 5.97 Å². The summed E-state index contributed by atoms with van der Waals surface area (Å²) in [6.07, 6.45) is 1.38. The average Bonchev–Trinajstić information content (AvgIpc) is 2.78. The zero-order valence-corrected chi connectivity index (χ0v) is 11.9. The van der Waals surface area contributed by atoms with E-state index < -0.39 is 5.97 Å². The molecule has 1 atom stereocenters. The maximum Gasteiger partial charge on any atom is 0.339 e. The maximum atomic E-state index is 11.1. The molecule has 106 valence electrons. The van der Waals surface area contributed by atoms with Gasteiger partial charge in [0, 0.05) is 19.6 Å². The molecule has 1 aromatic carbocycles. The van der Waals surface area contributed by atoms with Crippen LogP contribution < -0.4 is 5.32 Å². The average molecular weight is 273 g/mol. The van der Waals surface area contributed by atoms with Gasteiger partial charge in [-0.25, -0.2) is 4.79 Å². The lowest BCUT2D eigenvalue weighted by Gasteiger charge is -2.15. The number of carboxylic acid groups (broad SMARTS) is 1. The van der Waals surface area contributed by atoms with Crippen molar-refractivity contribution in [2.45, 2.75) is 26.4 Å². The minimum Gasteiger partial charge on any atom is -0.478 e. The molecule has 2 aromatic rings. The van der Waals surface area contributed by atoms with Gasteiger partial charge in [0.15, 0.2) is 0 Å². The first-order valence-electron chi connectivity index (χ1n) is 6.53. The predicted molar refractivity (Wildman–Crippen MR) is 76.6 cm³/mol. The Balaban J connectivity index is 2.07. The number of hydrogen-bond donors (Lipinski definition) is 2. The zero-order valence-electron chi connectivity index (χ0n) is 11.9.